The summed E-state index contributed by atoms with van der Waals surface area (Å²) in [5.41, 5.74) is 0. The molecule has 1 atom stereocenters. The highest BCUT2D eigenvalue weighted by Crippen LogP contribution is 2.06. The van der Waals surface area contributed by atoms with Crippen molar-refractivity contribution in [1.82, 2.24) is 4.72 Å². The molecule has 0 bridgehead atoms. The Kier molecular flexibility index (Phi) is 7.33. The summed E-state index contributed by atoms with van der Waals surface area (Å²) in [7, 11) is -2.35. The van der Waals surface area contributed by atoms with Gasteiger partial charge in [-0.25, -0.2) is 13.1 Å². The molecule has 0 aliphatic carbocycles. The van der Waals surface area contributed by atoms with E-state index in [1.165, 1.54) is 7.11 Å². The third-order valence-corrected chi connectivity index (χ3v) is 3.56. The molecule has 0 aliphatic rings. The van der Waals surface area contributed by atoms with Crippen LogP contribution in [0.2, 0.25) is 0 Å². The van der Waals surface area contributed by atoms with Crippen LogP contribution in [0.4, 0.5) is 0 Å². The second kappa shape index (κ2) is 7.62. The van der Waals surface area contributed by atoms with Crippen molar-refractivity contribution in [3.63, 3.8) is 0 Å². The highest BCUT2D eigenvalue weighted by Gasteiger charge is 2.19. The summed E-state index contributed by atoms with van der Waals surface area (Å²) in [5.74, 6) is -0.621. The number of carbonyl (C=O) groups is 1. The number of sulfonamides is 1. The largest absolute Gasteiger partial charge is 0.469 e. The third-order valence-electron chi connectivity index (χ3n) is 2.13. The molecule has 0 aromatic rings. The monoisotopic (exact) mass is 267 g/mol. The van der Waals surface area contributed by atoms with Crippen LogP contribution >= 0.6 is 0 Å². The first-order valence-electron chi connectivity index (χ1n) is 5.48. The molecule has 0 spiro atoms. The summed E-state index contributed by atoms with van der Waals surface area (Å²) < 4.78 is 29.9. The summed E-state index contributed by atoms with van der Waals surface area (Å²) in [6.45, 7) is 3.62. The average molecular weight is 267 g/mol. The molecule has 7 heteroatoms. The van der Waals surface area contributed by atoms with Crippen molar-refractivity contribution < 1.29 is 23.1 Å². The SMILES string of the molecule is COC(=O)CCS(=O)(=O)NC(CO)CC(C)C. The van der Waals surface area contributed by atoms with Gasteiger partial charge in [0.1, 0.15) is 0 Å². The molecule has 0 amide bonds. The van der Waals surface area contributed by atoms with Crippen LogP contribution in [0.3, 0.4) is 0 Å². The molecular formula is C10H21NO5S. The van der Waals surface area contributed by atoms with E-state index in [-0.39, 0.29) is 24.7 Å². The summed E-state index contributed by atoms with van der Waals surface area (Å²) in [5, 5.41) is 9.04. The van der Waals surface area contributed by atoms with Crippen LogP contribution in [0.5, 0.6) is 0 Å². The van der Waals surface area contributed by atoms with Crippen LogP contribution < -0.4 is 4.72 Å². The third kappa shape index (κ3) is 8.12. The van der Waals surface area contributed by atoms with Gasteiger partial charge in [-0.2, -0.15) is 0 Å². The lowest BCUT2D eigenvalue weighted by atomic mass is 10.1. The van der Waals surface area contributed by atoms with Gasteiger partial charge >= 0.3 is 5.97 Å². The number of hydrogen-bond donors (Lipinski definition) is 2. The Bertz CT molecular complexity index is 326. The molecule has 0 aromatic carbocycles. The lowest BCUT2D eigenvalue weighted by Crippen LogP contribution is -2.40. The first kappa shape index (κ1) is 16.3. The van der Waals surface area contributed by atoms with E-state index >= 15 is 0 Å². The molecule has 0 rings (SSSR count). The zero-order valence-corrected chi connectivity index (χ0v) is 11.3. The van der Waals surface area contributed by atoms with Crippen molar-refractivity contribution in [2.24, 2.45) is 5.92 Å². The van der Waals surface area contributed by atoms with E-state index in [2.05, 4.69) is 9.46 Å². The normalized spacial score (nSPS) is 13.7. The predicted molar refractivity (Wildman–Crippen MR) is 63.9 cm³/mol. The molecule has 0 radical (unpaired) electrons. The van der Waals surface area contributed by atoms with Crippen molar-refractivity contribution in [2.45, 2.75) is 32.7 Å². The Morgan fingerprint density at radius 3 is 2.41 bits per heavy atom. The molecule has 0 saturated heterocycles. The quantitative estimate of drug-likeness (QED) is 0.598. The van der Waals surface area contributed by atoms with Gasteiger partial charge in [0.25, 0.3) is 0 Å². The molecule has 0 heterocycles. The number of hydrogen-bond acceptors (Lipinski definition) is 5. The van der Waals surface area contributed by atoms with Crippen molar-refractivity contribution in [3.05, 3.63) is 0 Å². The van der Waals surface area contributed by atoms with Crippen LogP contribution in [-0.4, -0.2) is 45.0 Å². The van der Waals surface area contributed by atoms with Gasteiger partial charge in [-0.15, -0.1) is 0 Å². The Morgan fingerprint density at radius 1 is 1.41 bits per heavy atom. The minimum absolute atomic E-state index is 0.189. The van der Waals surface area contributed by atoms with Gasteiger partial charge < -0.3 is 9.84 Å². The lowest BCUT2D eigenvalue weighted by molar-refractivity contribution is -0.140. The highest BCUT2D eigenvalue weighted by molar-refractivity contribution is 7.89. The van der Waals surface area contributed by atoms with E-state index in [9.17, 15) is 13.2 Å². The number of aliphatic hydroxyl groups excluding tert-OH is 1. The minimum Gasteiger partial charge on any atom is -0.469 e. The summed E-state index contributed by atoms with van der Waals surface area (Å²) in [4.78, 5) is 10.8. The topological polar surface area (TPSA) is 92.7 Å². The smallest absolute Gasteiger partial charge is 0.306 e. The van der Waals surface area contributed by atoms with Crippen molar-refractivity contribution in [3.8, 4) is 0 Å². The maximum absolute atomic E-state index is 11.6. The molecular weight excluding hydrogens is 246 g/mol. The summed E-state index contributed by atoms with van der Waals surface area (Å²) in [6.07, 6.45) is 0.361. The number of ether oxygens (including phenoxy) is 1. The minimum atomic E-state index is -3.55. The van der Waals surface area contributed by atoms with Gasteiger partial charge in [0.15, 0.2) is 0 Å². The van der Waals surface area contributed by atoms with Crippen LogP contribution in [-0.2, 0) is 19.6 Å². The number of methoxy groups -OCH3 is 1. The number of aliphatic hydroxyl groups is 1. The molecule has 0 aromatic heterocycles. The van der Waals surface area contributed by atoms with Crippen LogP contribution in [0, 0.1) is 5.92 Å². The molecule has 0 saturated carbocycles. The van der Waals surface area contributed by atoms with Crippen LogP contribution in [0.15, 0.2) is 0 Å². The molecule has 102 valence electrons. The predicted octanol–water partition coefficient (Wildman–Crippen LogP) is -0.124. The van der Waals surface area contributed by atoms with Crippen molar-refractivity contribution in [2.75, 3.05) is 19.5 Å². The number of rotatable bonds is 8. The van der Waals surface area contributed by atoms with E-state index in [1.807, 2.05) is 13.8 Å². The molecule has 2 N–H and O–H groups in total. The second-order valence-electron chi connectivity index (χ2n) is 4.27. The Labute approximate surface area is 102 Å². The van der Waals surface area contributed by atoms with E-state index < -0.39 is 22.0 Å². The second-order valence-corrected chi connectivity index (χ2v) is 6.15. The van der Waals surface area contributed by atoms with E-state index in [1.54, 1.807) is 0 Å². The maximum atomic E-state index is 11.6. The Balaban J connectivity index is 4.26. The zero-order valence-electron chi connectivity index (χ0n) is 10.5. The van der Waals surface area contributed by atoms with Gasteiger partial charge in [0.2, 0.25) is 10.0 Å². The first-order valence-corrected chi connectivity index (χ1v) is 7.13. The van der Waals surface area contributed by atoms with Gasteiger partial charge in [-0.1, -0.05) is 13.8 Å². The van der Waals surface area contributed by atoms with E-state index in [4.69, 9.17) is 5.11 Å². The highest BCUT2D eigenvalue weighted by atomic mass is 32.2. The van der Waals surface area contributed by atoms with Gasteiger partial charge in [-0.05, 0) is 12.3 Å². The number of esters is 1. The number of carbonyl (C=O) groups excluding carboxylic acids is 1. The molecule has 0 fully saturated rings. The Morgan fingerprint density at radius 2 is 2.00 bits per heavy atom. The molecule has 0 aliphatic heterocycles. The lowest BCUT2D eigenvalue weighted by Gasteiger charge is -2.17. The molecule has 6 nitrogen and oxygen atoms in total. The van der Waals surface area contributed by atoms with Gasteiger partial charge in [0, 0.05) is 6.04 Å². The Hall–Kier alpha value is -0.660. The van der Waals surface area contributed by atoms with E-state index in [0.29, 0.717) is 6.42 Å². The maximum Gasteiger partial charge on any atom is 0.306 e. The average Bonchev–Trinajstić information content (AvgIpc) is 2.24. The number of nitrogens with one attached hydrogen (secondary N) is 1. The fourth-order valence-corrected chi connectivity index (χ4v) is 2.59. The summed E-state index contributed by atoms with van der Waals surface area (Å²) in [6, 6.07) is -0.502. The summed E-state index contributed by atoms with van der Waals surface area (Å²) >= 11 is 0. The van der Waals surface area contributed by atoms with Crippen LogP contribution in [0.1, 0.15) is 26.7 Å². The van der Waals surface area contributed by atoms with Gasteiger partial charge in [0.05, 0.1) is 25.9 Å². The first-order chi connectivity index (χ1) is 7.80. The fraction of sp³-hybridized carbons (Fsp3) is 0.900. The molecule has 1 unspecified atom stereocenters. The van der Waals surface area contributed by atoms with Crippen molar-refractivity contribution >= 4 is 16.0 Å². The van der Waals surface area contributed by atoms with Crippen LogP contribution in [0.25, 0.3) is 0 Å². The zero-order chi connectivity index (χ0) is 13.5. The van der Waals surface area contributed by atoms with E-state index in [0.717, 1.165) is 0 Å². The van der Waals surface area contributed by atoms with Crippen molar-refractivity contribution in [1.29, 1.82) is 0 Å². The molecule has 17 heavy (non-hydrogen) atoms. The standard InChI is InChI=1S/C10H21NO5S/c1-8(2)6-9(7-12)11-17(14,15)5-4-10(13)16-3/h8-9,11-12H,4-7H2,1-3H3. The fourth-order valence-electron chi connectivity index (χ4n) is 1.36. The van der Waals surface area contributed by atoms with Gasteiger partial charge in [-0.3, -0.25) is 4.79 Å².